The van der Waals surface area contributed by atoms with Crippen LogP contribution in [0.2, 0.25) is 5.02 Å². The highest BCUT2D eigenvalue weighted by atomic mass is 35.5. The van der Waals surface area contributed by atoms with Crippen LogP contribution in [0.25, 0.3) is 16.7 Å². The first-order valence-electron chi connectivity index (χ1n) is 7.99. The van der Waals surface area contributed by atoms with Crippen molar-refractivity contribution in [3.63, 3.8) is 0 Å². The number of amides is 1. The summed E-state index contributed by atoms with van der Waals surface area (Å²) in [4.78, 5) is 22.6. The van der Waals surface area contributed by atoms with Crippen LogP contribution in [-0.2, 0) is 0 Å². The third-order valence-corrected chi connectivity index (χ3v) is 4.56. The van der Waals surface area contributed by atoms with Crippen molar-refractivity contribution in [1.82, 2.24) is 14.5 Å². The molecule has 0 aromatic carbocycles. The van der Waals surface area contributed by atoms with Gasteiger partial charge in [-0.25, -0.2) is 9.37 Å². The average molecular weight is 364 g/mol. The molecule has 0 spiro atoms. The first-order valence-corrected chi connectivity index (χ1v) is 8.37. The number of alkyl halides is 1. The zero-order chi connectivity index (χ0) is 18.0. The van der Waals surface area contributed by atoms with E-state index in [9.17, 15) is 9.18 Å². The van der Waals surface area contributed by atoms with E-state index in [0.717, 1.165) is 0 Å². The Morgan fingerprint density at radius 1 is 1.48 bits per heavy atom. The molecule has 6 nitrogen and oxygen atoms in total. The van der Waals surface area contributed by atoms with Crippen LogP contribution in [0.1, 0.15) is 23.2 Å². The van der Waals surface area contributed by atoms with Crippen molar-refractivity contribution in [3.8, 4) is 0 Å². The number of halogens is 2. The topological polar surface area (TPSA) is 76.5 Å². The summed E-state index contributed by atoms with van der Waals surface area (Å²) in [5.41, 5.74) is 7.28. The summed E-state index contributed by atoms with van der Waals surface area (Å²) in [6.45, 7) is 0.833. The van der Waals surface area contributed by atoms with Gasteiger partial charge < -0.3 is 10.6 Å². The number of nitrogens with zero attached hydrogens (tertiary/aromatic N) is 4. The Labute approximate surface area is 149 Å². The SMILES string of the molecule is CN=C/C(=C\N)n1cc(Cl)c2cc(C(=O)N3CCC(F)CC3)cnc21. The molecule has 1 aliphatic heterocycles. The molecule has 1 aliphatic rings. The Morgan fingerprint density at radius 3 is 2.84 bits per heavy atom. The van der Waals surface area contributed by atoms with E-state index in [1.807, 2.05) is 0 Å². The number of likely N-dealkylation sites (tertiary alicyclic amines) is 1. The highest BCUT2D eigenvalue weighted by Gasteiger charge is 2.24. The van der Waals surface area contributed by atoms with E-state index in [0.29, 0.717) is 53.2 Å². The van der Waals surface area contributed by atoms with E-state index in [1.165, 1.54) is 12.4 Å². The first-order chi connectivity index (χ1) is 12.0. The second kappa shape index (κ2) is 7.23. The lowest BCUT2D eigenvalue weighted by molar-refractivity contribution is 0.0667. The molecule has 0 aliphatic carbocycles. The fourth-order valence-electron chi connectivity index (χ4n) is 2.93. The van der Waals surface area contributed by atoms with Gasteiger partial charge in [0.2, 0.25) is 0 Å². The van der Waals surface area contributed by atoms with Gasteiger partial charge in [-0.05, 0) is 18.9 Å². The largest absolute Gasteiger partial charge is 0.403 e. The first kappa shape index (κ1) is 17.4. The Hall–Kier alpha value is -2.41. The lowest BCUT2D eigenvalue weighted by atomic mass is 10.1. The molecule has 2 N–H and O–H groups in total. The van der Waals surface area contributed by atoms with E-state index in [1.54, 1.807) is 35.0 Å². The molecule has 0 saturated carbocycles. The normalized spacial score (nSPS) is 16.9. The van der Waals surface area contributed by atoms with Crippen LogP contribution in [0.15, 0.2) is 29.7 Å². The number of nitrogens with two attached hydrogens (primary N) is 1. The number of hydrogen-bond donors (Lipinski definition) is 1. The standard InChI is InChI=1S/C17H19ClFN5O/c1-21-9-13(7-20)24-10-15(18)14-6-11(8-22-16(14)24)17(25)23-4-2-12(19)3-5-23/h6-10,12H,2-5,20H2,1H3/b13-7+,21-9?. The van der Waals surface area contributed by atoms with Gasteiger partial charge in [-0.1, -0.05) is 11.6 Å². The smallest absolute Gasteiger partial charge is 0.255 e. The molecule has 1 saturated heterocycles. The number of aliphatic imine (C=N–C) groups is 1. The molecule has 3 heterocycles. The van der Waals surface area contributed by atoms with Crippen LogP contribution in [0.5, 0.6) is 0 Å². The summed E-state index contributed by atoms with van der Waals surface area (Å²) in [6.07, 6.45) is 6.12. The van der Waals surface area contributed by atoms with Crippen molar-refractivity contribution >= 4 is 40.5 Å². The summed E-state index contributed by atoms with van der Waals surface area (Å²) in [7, 11) is 1.64. The van der Waals surface area contributed by atoms with Gasteiger partial charge in [0.1, 0.15) is 11.8 Å². The highest BCUT2D eigenvalue weighted by Crippen LogP contribution is 2.28. The monoisotopic (exact) mass is 363 g/mol. The quantitative estimate of drug-likeness (QED) is 0.852. The fraction of sp³-hybridized carbons (Fsp3) is 0.353. The molecule has 0 radical (unpaired) electrons. The van der Waals surface area contributed by atoms with Gasteiger partial charge in [0.25, 0.3) is 5.91 Å². The van der Waals surface area contributed by atoms with Crippen molar-refractivity contribution in [2.75, 3.05) is 20.1 Å². The average Bonchev–Trinajstić information content (AvgIpc) is 2.96. The molecule has 2 aromatic rings. The van der Waals surface area contributed by atoms with Gasteiger partial charge in [0.05, 0.1) is 16.3 Å². The zero-order valence-corrected chi connectivity index (χ0v) is 14.6. The van der Waals surface area contributed by atoms with Gasteiger partial charge in [-0.3, -0.25) is 14.4 Å². The predicted molar refractivity (Wildman–Crippen MR) is 97.7 cm³/mol. The van der Waals surface area contributed by atoms with Crippen LogP contribution in [0.3, 0.4) is 0 Å². The molecule has 0 atom stereocenters. The second-order valence-electron chi connectivity index (χ2n) is 5.89. The summed E-state index contributed by atoms with van der Waals surface area (Å²) in [5.74, 6) is -0.158. The van der Waals surface area contributed by atoms with Crippen molar-refractivity contribution in [1.29, 1.82) is 0 Å². The van der Waals surface area contributed by atoms with Crippen LogP contribution >= 0.6 is 11.6 Å². The maximum absolute atomic E-state index is 13.3. The van der Waals surface area contributed by atoms with Gasteiger partial charge in [0, 0.05) is 50.3 Å². The minimum Gasteiger partial charge on any atom is -0.403 e. The molecule has 0 unspecified atom stereocenters. The Kier molecular flexibility index (Phi) is 5.03. The fourth-order valence-corrected chi connectivity index (χ4v) is 3.17. The molecular formula is C17H19ClFN5O. The third kappa shape index (κ3) is 3.37. The van der Waals surface area contributed by atoms with E-state index >= 15 is 0 Å². The van der Waals surface area contributed by atoms with Crippen molar-refractivity contribution in [2.24, 2.45) is 10.7 Å². The van der Waals surface area contributed by atoms with Crippen LogP contribution in [-0.4, -0.2) is 52.9 Å². The molecule has 0 bridgehead atoms. The molecule has 2 aromatic heterocycles. The van der Waals surface area contributed by atoms with Gasteiger partial charge in [0.15, 0.2) is 0 Å². The second-order valence-corrected chi connectivity index (χ2v) is 6.30. The highest BCUT2D eigenvalue weighted by molar-refractivity contribution is 6.36. The van der Waals surface area contributed by atoms with Crippen molar-refractivity contribution in [2.45, 2.75) is 19.0 Å². The lowest BCUT2D eigenvalue weighted by Crippen LogP contribution is -2.39. The molecule has 1 fully saturated rings. The minimum absolute atomic E-state index is 0.158. The molecule has 1 amide bonds. The molecule has 132 valence electrons. The summed E-state index contributed by atoms with van der Waals surface area (Å²) in [6, 6.07) is 1.71. The van der Waals surface area contributed by atoms with E-state index in [-0.39, 0.29) is 5.91 Å². The van der Waals surface area contributed by atoms with E-state index in [4.69, 9.17) is 17.3 Å². The maximum atomic E-state index is 13.3. The Balaban J connectivity index is 1.95. The van der Waals surface area contributed by atoms with Gasteiger partial charge >= 0.3 is 0 Å². The maximum Gasteiger partial charge on any atom is 0.255 e. The summed E-state index contributed by atoms with van der Waals surface area (Å²) in [5, 5.41) is 1.11. The molecule has 3 rings (SSSR count). The van der Waals surface area contributed by atoms with E-state index in [2.05, 4.69) is 9.98 Å². The van der Waals surface area contributed by atoms with Gasteiger partial charge in [-0.2, -0.15) is 0 Å². The zero-order valence-electron chi connectivity index (χ0n) is 13.8. The number of pyridine rings is 1. The molecule has 8 heteroatoms. The van der Waals surface area contributed by atoms with Crippen LogP contribution < -0.4 is 5.73 Å². The number of rotatable bonds is 3. The summed E-state index contributed by atoms with van der Waals surface area (Å²) >= 11 is 6.31. The minimum atomic E-state index is -0.824. The lowest BCUT2D eigenvalue weighted by Gasteiger charge is -2.28. The van der Waals surface area contributed by atoms with Gasteiger partial charge in [-0.15, -0.1) is 0 Å². The van der Waals surface area contributed by atoms with E-state index < -0.39 is 6.17 Å². The predicted octanol–water partition coefficient (Wildman–Crippen LogP) is 2.72. The Bertz CT molecular complexity index is 852. The molecular weight excluding hydrogens is 345 g/mol. The van der Waals surface area contributed by atoms with Crippen molar-refractivity contribution in [3.05, 3.63) is 35.2 Å². The third-order valence-electron chi connectivity index (χ3n) is 4.26. The number of fused-ring (bicyclic) bond motifs is 1. The van der Waals surface area contributed by atoms with Crippen LogP contribution in [0.4, 0.5) is 4.39 Å². The van der Waals surface area contributed by atoms with Crippen molar-refractivity contribution < 1.29 is 9.18 Å². The molecule has 25 heavy (non-hydrogen) atoms. The number of hydrogen-bond acceptors (Lipinski definition) is 4. The Morgan fingerprint density at radius 2 is 2.20 bits per heavy atom. The summed E-state index contributed by atoms with van der Waals surface area (Å²) < 4.78 is 15.0. The number of aromatic nitrogens is 2. The number of carbonyl (C=O) groups is 1. The number of allylic oxidation sites excluding steroid dienone is 1. The number of carbonyl (C=O) groups excluding carboxylic acids is 1. The van der Waals surface area contributed by atoms with Crippen LogP contribution in [0, 0.1) is 0 Å². The number of piperidine rings is 1.